The van der Waals surface area contributed by atoms with Gasteiger partial charge in [0.1, 0.15) is 11.6 Å². The number of nitrogens with zero attached hydrogens (tertiary/aromatic N) is 1. The van der Waals surface area contributed by atoms with Gasteiger partial charge >= 0.3 is 5.97 Å². The van der Waals surface area contributed by atoms with Gasteiger partial charge in [0.25, 0.3) is 11.8 Å². The maximum absolute atomic E-state index is 12.6. The maximum Gasteiger partial charge on any atom is 0.337 e. The van der Waals surface area contributed by atoms with Crippen LogP contribution in [0.25, 0.3) is 6.08 Å². The average molecular weight is 554 g/mol. The van der Waals surface area contributed by atoms with Gasteiger partial charge in [-0.25, -0.2) is 4.79 Å². The number of carbonyl (C=O) groups is 3. The van der Waals surface area contributed by atoms with Crippen LogP contribution >= 0.6 is 23.2 Å². The van der Waals surface area contributed by atoms with Crippen molar-refractivity contribution in [3.05, 3.63) is 87.4 Å². The van der Waals surface area contributed by atoms with Crippen molar-refractivity contribution in [1.82, 2.24) is 0 Å². The summed E-state index contributed by atoms with van der Waals surface area (Å²) in [7, 11) is 2.69. The number of nitrogens with one attached hydrogen (secondary N) is 2. The number of halogens is 2. The first-order chi connectivity index (χ1) is 18.2. The molecule has 3 aromatic carbocycles. The monoisotopic (exact) mass is 553 g/mol. The highest BCUT2D eigenvalue weighted by molar-refractivity contribution is 6.42. The van der Waals surface area contributed by atoms with Gasteiger partial charge in [-0.1, -0.05) is 29.3 Å². The van der Waals surface area contributed by atoms with E-state index in [0.29, 0.717) is 32.5 Å². The number of esters is 1. The van der Waals surface area contributed by atoms with Crippen LogP contribution < -0.4 is 20.1 Å². The predicted molar refractivity (Wildman–Crippen MR) is 144 cm³/mol. The van der Waals surface area contributed by atoms with Crippen molar-refractivity contribution in [3.63, 3.8) is 0 Å². The number of rotatable bonds is 9. The van der Waals surface area contributed by atoms with Crippen molar-refractivity contribution in [3.8, 4) is 17.6 Å². The second kappa shape index (κ2) is 13.1. The fourth-order valence-electron chi connectivity index (χ4n) is 3.13. The minimum absolute atomic E-state index is 0.168. The Morgan fingerprint density at radius 1 is 0.895 bits per heavy atom. The maximum atomic E-state index is 12.6. The molecule has 9 nitrogen and oxygen atoms in total. The van der Waals surface area contributed by atoms with Crippen LogP contribution in [-0.2, 0) is 14.3 Å². The number of amides is 2. The molecule has 38 heavy (non-hydrogen) atoms. The van der Waals surface area contributed by atoms with E-state index in [9.17, 15) is 19.6 Å². The lowest BCUT2D eigenvalue weighted by Gasteiger charge is -2.12. The zero-order valence-electron chi connectivity index (χ0n) is 20.2. The van der Waals surface area contributed by atoms with Gasteiger partial charge in [-0.05, 0) is 66.2 Å². The standard InChI is InChI=1S/C27H21Cl2N3O6/c1-36-24-12-16(3-10-23(24)38-15-25(33)31-20-8-9-21(28)22(29)13-20)11-18(14-30)26(34)32-19-6-4-17(5-7-19)27(35)37-2/h3-13H,15H2,1-2H3,(H,31,33)(H,32,34)/b18-11-. The molecule has 0 aromatic heterocycles. The first-order valence-electron chi connectivity index (χ1n) is 10.9. The average Bonchev–Trinajstić information content (AvgIpc) is 2.92. The molecule has 0 heterocycles. The van der Waals surface area contributed by atoms with E-state index < -0.39 is 17.8 Å². The Balaban J connectivity index is 1.66. The van der Waals surface area contributed by atoms with Gasteiger partial charge in [0.15, 0.2) is 18.1 Å². The summed E-state index contributed by atoms with van der Waals surface area (Å²) in [6.45, 7) is -0.313. The van der Waals surface area contributed by atoms with Crippen LogP contribution in [0, 0.1) is 11.3 Å². The third-order valence-electron chi connectivity index (χ3n) is 4.99. The van der Waals surface area contributed by atoms with Crippen LogP contribution in [0.3, 0.4) is 0 Å². The van der Waals surface area contributed by atoms with E-state index in [1.807, 2.05) is 6.07 Å². The van der Waals surface area contributed by atoms with Crippen LogP contribution in [0.1, 0.15) is 15.9 Å². The second-order valence-electron chi connectivity index (χ2n) is 7.57. The highest BCUT2D eigenvalue weighted by Gasteiger charge is 2.13. The zero-order chi connectivity index (χ0) is 27.7. The summed E-state index contributed by atoms with van der Waals surface area (Å²) >= 11 is 11.8. The van der Waals surface area contributed by atoms with Gasteiger partial charge in [0.05, 0.1) is 29.8 Å². The molecule has 0 radical (unpaired) electrons. The Morgan fingerprint density at radius 3 is 2.24 bits per heavy atom. The van der Waals surface area contributed by atoms with Gasteiger partial charge in [-0.2, -0.15) is 5.26 Å². The number of carbonyl (C=O) groups excluding carboxylic acids is 3. The second-order valence-corrected chi connectivity index (χ2v) is 8.38. The number of hydrogen-bond acceptors (Lipinski definition) is 7. The molecule has 3 aromatic rings. The highest BCUT2D eigenvalue weighted by Crippen LogP contribution is 2.29. The number of benzene rings is 3. The van der Waals surface area contributed by atoms with E-state index in [0.717, 1.165) is 0 Å². The molecule has 0 saturated heterocycles. The molecule has 11 heteroatoms. The molecule has 2 N–H and O–H groups in total. The molecule has 3 rings (SSSR count). The molecule has 0 fully saturated rings. The van der Waals surface area contributed by atoms with E-state index in [1.54, 1.807) is 30.3 Å². The highest BCUT2D eigenvalue weighted by atomic mass is 35.5. The van der Waals surface area contributed by atoms with Crippen LogP contribution in [0.2, 0.25) is 10.0 Å². The quantitative estimate of drug-likeness (QED) is 0.207. The third kappa shape index (κ3) is 7.49. The largest absolute Gasteiger partial charge is 0.493 e. The number of hydrogen-bond donors (Lipinski definition) is 2. The molecule has 0 unspecified atom stereocenters. The van der Waals surface area contributed by atoms with Gasteiger partial charge in [0, 0.05) is 11.4 Å². The summed E-state index contributed by atoms with van der Waals surface area (Å²) < 4.78 is 15.5. The van der Waals surface area contributed by atoms with E-state index >= 15 is 0 Å². The first kappa shape index (κ1) is 28.1. The van der Waals surface area contributed by atoms with Crippen molar-refractivity contribution in [2.24, 2.45) is 0 Å². The van der Waals surface area contributed by atoms with Crippen molar-refractivity contribution < 1.29 is 28.6 Å². The topological polar surface area (TPSA) is 127 Å². The molecule has 2 amide bonds. The molecule has 0 bridgehead atoms. The van der Waals surface area contributed by atoms with Gasteiger partial charge in [0.2, 0.25) is 0 Å². The third-order valence-corrected chi connectivity index (χ3v) is 5.73. The summed E-state index contributed by atoms with van der Waals surface area (Å²) in [6.07, 6.45) is 1.38. The lowest BCUT2D eigenvalue weighted by molar-refractivity contribution is -0.118. The predicted octanol–water partition coefficient (Wildman–Crippen LogP) is 5.35. The molecule has 0 aliphatic rings. The first-order valence-corrected chi connectivity index (χ1v) is 11.7. The molecule has 0 saturated carbocycles. The molecular weight excluding hydrogens is 533 g/mol. The molecule has 0 atom stereocenters. The Labute approximate surface area is 228 Å². The minimum Gasteiger partial charge on any atom is -0.493 e. The summed E-state index contributed by atoms with van der Waals surface area (Å²) in [5.41, 5.74) is 1.50. The number of ether oxygens (including phenoxy) is 3. The molecule has 0 spiro atoms. The minimum atomic E-state index is -0.642. The molecule has 194 valence electrons. The van der Waals surface area contributed by atoms with Crippen LogP contribution in [0.15, 0.2) is 66.2 Å². The molecule has 0 aliphatic carbocycles. The summed E-state index contributed by atoms with van der Waals surface area (Å²) in [5, 5.41) is 15.4. The van der Waals surface area contributed by atoms with E-state index in [4.69, 9.17) is 32.7 Å². The summed E-state index contributed by atoms with van der Waals surface area (Å²) in [6, 6.07) is 17.3. The molecular formula is C27H21Cl2N3O6. The number of methoxy groups -OCH3 is 2. The SMILES string of the molecule is COC(=O)c1ccc(NC(=O)/C(C#N)=C\c2ccc(OCC(=O)Nc3ccc(Cl)c(Cl)c3)c(OC)c2)cc1. The van der Waals surface area contributed by atoms with Crippen LogP contribution in [-0.4, -0.2) is 38.6 Å². The normalized spacial score (nSPS) is 10.7. The van der Waals surface area contributed by atoms with E-state index in [-0.39, 0.29) is 23.7 Å². The Hall–Kier alpha value is -4.52. The Bertz CT molecular complexity index is 1430. The molecule has 0 aliphatic heterocycles. The van der Waals surface area contributed by atoms with Crippen molar-refractivity contribution in [1.29, 1.82) is 5.26 Å². The van der Waals surface area contributed by atoms with Gasteiger partial charge in [-0.3, -0.25) is 9.59 Å². The van der Waals surface area contributed by atoms with Crippen molar-refractivity contribution in [2.45, 2.75) is 0 Å². The van der Waals surface area contributed by atoms with Gasteiger partial charge in [-0.15, -0.1) is 0 Å². The zero-order valence-corrected chi connectivity index (χ0v) is 21.7. The Morgan fingerprint density at radius 2 is 1.61 bits per heavy atom. The van der Waals surface area contributed by atoms with Crippen molar-refractivity contribution >= 4 is 58.4 Å². The number of nitriles is 1. The number of anilines is 2. The summed E-state index contributed by atoms with van der Waals surface area (Å²) in [4.78, 5) is 36.4. The smallest absolute Gasteiger partial charge is 0.337 e. The van der Waals surface area contributed by atoms with Gasteiger partial charge < -0.3 is 24.8 Å². The lowest BCUT2D eigenvalue weighted by atomic mass is 10.1. The Kier molecular flexibility index (Phi) is 9.71. The van der Waals surface area contributed by atoms with E-state index in [1.165, 1.54) is 50.6 Å². The fraction of sp³-hybridized carbons (Fsp3) is 0.111. The fourth-order valence-corrected chi connectivity index (χ4v) is 3.43. The summed E-state index contributed by atoms with van der Waals surface area (Å²) in [5.74, 6) is -1.01. The van der Waals surface area contributed by atoms with Crippen molar-refractivity contribution in [2.75, 3.05) is 31.5 Å². The van der Waals surface area contributed by atoms with Crippen LogP contribution in [0.4, 0.5) is 11.4 Å². The lowest BCUT2D eigenvalue weighted by Crippen LogP contribution is -2.20. The van der Waals surface area contributed by atoms with Crippen LogP contribution in [0.5, 0.6) is 11.5 Å². The van der Waals surface area contributed by atoms with E-state index in [2.05, 4.69) is 15.4 Å².